The van der Waals surface area contributed by atoms with Gasteiger partial charge in [-0.1, -0.05) is 30.7 Å². The topological polar surface area (TPSA) is 142 Å². The molecular formula is C24H27ClN2O8S. The monoisotopic (exact) mass is 538 g/mol. The van der Waals surface area contributed by atoms with E-state index in [1.54, 1.807) is 18.1 Å². The number of carboxylic acid groups (broad SMARTS) is 2. The van der Waals surface area contributed by atoms with Crippen molar-refractivity contribution >= 4 is 52.9 Å². The van der Waals surface area contributed by atoms with Crippen LogP contribution in [0.5, 0.6) is 5.75 Å². The van der Waals surface area contributed by atoms with Crippen LogP contribution in [0.4, 0.5) is 5.69 Å². The third-order valence-electron chi connectivity index (χ3n) is 4.93. The molecule has 0 fully saturated rings. The summed E-state index contributed by atoms with van der Waals surface area (Å²) in [6.45, 7) is 5.20. The van der Waals surface area contributed by atoms with Gasteiger partial charge in [-0.3, -0.25) is 9.59 Å². The number of fused-ring (bicyclic) bond motifs is 1. The SMILES string of the molecule is CCNCCN1C(=O)C(OC(C)=O)C(c2ccc(OC)cc2)Sc2cc(Cl)ccc21.O=C(O)C(=O)O. The van der Waals surface area contributed by atoms with Crippen molar-refractivity contribution in [3.05, 3.63) is 53.1 Å². The Morgan fingerprint density at radius 2 is 1.75 bits per heavy atom. The Morgan fingerprint density at radius 3 is 2.28 bits per heavy atom. The third kappa shape index (κ3) is 7.87. The third-order valence-corrected chi connectivity index (χ3v) is 6.52. The molecule has 2 atom stereocenters. The minimum Gasteiger partial charge on any atom is -0.497 e. The van der Waals surface area contributed by atoms with Gasteiger partial charge < -0.3 is 29.9 Å². The zero-order valence-electron chi connectivity index (χ0n) is 19.9. The van der Waals surface area contributed by atoms with Crippen molar-refractivity contribution in [2.24, 2.45) is 0 Å². The summed E-state index contributed by atoms with van der Waals surface area (Å²) >= 11 is 7.73. The molecule has 1 amide bonds. The lowest BCUT2D eigenvalue weighted by Gasteiger charge is -2.27. The number of halogens is 1. The zero-order chi connectivity index (χ0) is 26.8. The number of likely N-dealkylation sites (N-methyl/N-ethyl adjacent to an activating group) is 1. The summed E-state index contributed by atoms with van der Waals surface area (Å²) < 4.78 is 10.8. The number of carbonyl (C=O) groups is 4. The summed E-state index contributed by atoms with van der Waals surface area (Å²) in [5, 5.41) is 18.2. The number of hydrogen-bond acceptors (Lipinski definition) is 8. The number of benzene rings is 2. The van der Waals surface area contributed by atoms with Crippen molar-refractivity contribution in [2.45, 2.75) is 30.1 Å². The maximum absolute atomic E-state index is 13.6. The van der Waals surface area contributed by atoms with Gasteiger partial charge in [-0.25, -0.2) is 9.59 Å². The number of aliphatic carboxylic acids is 2. The fraction of sp³-hybridized carbons (Fsp3) is 0.333. The van der Waals surface area contributed by atoms with E-state index >= 15 is 0 Å². The standard InChI is InChI=1S/C22H25ClN2O4S.C2H2O4/c1-4-24-11-12-25-18-10-7-16(23)13-19(18)30-21(20(22(25)27)29-14(2)26)15-5-8-17(28-3)9-6-15;3-1(4)2(5)6/h5-10,13,20-21,24H,4,11-12H2,1-3H3;(H,3,4)(H,5,6). The van der Waals surface area contributed by atoms with Gasteiger partial charge >= 0.3 is 17.9 Å². The molecule has 3 N–H and O–H groups in total. The lowest BCUT2D eigenvalue weighted by molar-refractivity contribution is -0.159. The van der Waals surface area contributed by atoms with Crippen LogP contribution in [0.3, 0.4) is 0 Å². The van der Waals surface area contributed by atoms with Crippen molar-refractivity contribution in [2.75, 3.05) is 31.6 Å². The molecule has 0 radical (unpaired) electrons. The maximum atomic E-state index is 13.6. The van der Waals surface area contributed by atoms with Crippen LogP contribution in [0.1, 0.15) is 24.7 Å². The Kier molecular flexibility index (Phi) is 11.0. The summed E-state index contributed by atoms with van der Waals surface area (Å²) in [6.07, 6.45) is -0.964. The molecule has 194 valence electrons. The molecule has 1 aliphatic heterocycles. The summed E-state index contributed by atoms with van der Waals surface area (Å²) in [5.41, 5.74) is 1.63. The maximum Gasteiger partial charge on any atom is 0.414 e. The van der Waals surface area contributed by atoms with Crippen LogP contribution in [-0.2, 0) is 23.9 Å². The Balaban J connectivity index is 0.000000678. The van der Waals surface area contributed by atoms with Gasteiger partial charge in [-0.15, -0.1) is 11.8 Å². The minimum atomic E-state index is -1.82. The highest BCUT2D eigenvalue weighted by Gasteiger charge is 2.40. The Bertz CT molecular complexity index is 1080. The molecule has 2 unspecified atom stereocenters. The first-order chi connectivity index (χ1) is 17.1. The molecule has 12 heteroatoms. The average molecular weight is 539 g/mol. The van der Waals surface area contributed by atoms with Gasteiger partial charge in [0.2, 0.25) is 0 Å². The van der Waals surface area contributed by atoms with E-state index in [9.17, 15) is 9.59 Å². The summed E-state index contributed by atoms with van der Waals surface area (Å²) in [6, 6.07) is 12.9. The molecule has 3 rings (SSSR count). The first kappa shape index (κ1) is 29.0. The van der Waals surface area contributed by atoms with E-state index in [4.69, 9.17) is 40.9 Å². The highest BCUT2D eigenvalue weighted by Crippen LogP contribution is 2.47. The summed E-state index contributed by atoms with van der Waals surface area (Å²) in [7, 11) is 1.60. The number of rotatable bonds is 7. The highest BCUT2D eigenvalue weighted by molar-refractivity contribution is 7.99. The molecule has 0 aliphatic carbocycles. The van der Waals surface area contributed by atoms with Gasteiger partial charge in [0, 0.05) is 29.9 Å². The first-order valence-corrected chi connectivity index (χ1v) is 12.1. The molecule has 0 spiro atoms. The van der Waals surface area contributed by atoms with Gasteiger partial charge in [0.1, 0.15) is 5.75 Å². The van der Waals surface area contributed by atoms with Crippen LogP contribution < -0.4 is 15.0 Å². The molecule has 0 bridgehead atoms. The van der Waals surface area contributed by atoms with Gasteiger partial charge in [0.15, 0.2) is 6.10 Å². The van der Waals surface area contributed by atoms with Crippen LogP contribution in [-0.4, -0.2) is 66.9 Å². The smallest absolute Gasteiger partial charge is 0.414 e. The number of carboxylic acids is 2. The van der Waals surface area contributed by atoms with Gasteiger partial charge in [0.25, 0.3) is 5.91 Å². The lowest BCUT2D eigenvalue weighted by Crippen LogP contribution is -2.45. The van der Waals surface area contributed by atoms with Crippen LogP contribution in [0.25, 0.3) is 0 Å². The second kappa shape index (κ2) is 13.7. The predicted octanol–water partition coefficient (Wildman–Crippen LogP) is 3.23. The molecule has 36 heavy (non-hydrogen) atoms. The van der Waals surface area contributed by atoms with Gasteiger partial charge in [-0.2, -0.15) is 0 Å². The molecule has 1 heterocycles. The highest BCUT2D eigenvalue weighted by atomic mass is 35.5. The second-order valence-electron chi connectivity index (χ2n) is 7.41. The number of anilines is 1. The van der Waals surface area contributed by atoms with Gasteiger partial charge in [0.05, 0.1) is 18.0 Å². The number of hydrogen-bond donors (Lipinski definition) is 3. The number of thioether (sulfide) groups is 1. The van der Waals surface area contributed by atoms with E-state index in [0.717, 1.165) is 22.7 Å². The molecule has 10 nitrogen and oxygen atoms in total. The average Bonchev–Trinajstić information content (AvgIpc) is 2.94. The predicted molar refractivity (Wildman–Crippen MR) is 135 cm³/mol. The van der Waals surface area contributed by atoms with Crippen LogP contribution in [0.15, 0.2) is 47.4 Å². The Hall–Kier alpha value is -3.28. The van der Waals surface area contributed by atoms with E-state index < -0.39 is 29.3 Å². The Morgan fingerprint density at radius 1 is 1.11 bits per heavy atom. The number of nitrogens with zero attached hydrogens (tertiary/aromatic N) is 1. The number of methoxy groups -OCH3 is 1. The normalized spacial score (nSPS) is 16.7. The molecule has 0 saturated heterocycles. The van der Waals surface area contributed by atoms with Crippen LogP contribution in [0.2, 0.25) is 5.02 Å². The molecule has 1 aliphatic rings. The van der Waals surface area contributed by atoms with Crippen molar-refractivity contribution < 1.29 is 38.9 Å². The minimum absolute atomic E-state index is 0.252. The van der Waals surface area contributed by atoms with Crippen LogP contribution >= 0.6 is 23.4 Å². The summed E-state index contributed by atoms with van der Waals surface area (Å²) in [5.74, 6) is -3.69. The number of esters is 1. The zero-order valence-corrected chi connectivity index (χ0v) is 21.5. The van der Waals surface area contributed by atoms with Crippen molar-refractivity contribution in [1.82, 2.24) is 5.32 Å². The van der Waals surface area contributed by atoms with E-state index in [1.165, 1.54) is 18.7 Å². The quantitative estimate of drug-likeness (QED) is 0.273. The molecule has 0 saturated carbocycles. The van der Waals surface area contributed by atoms with E-state index in [-0.39, 0.29) is 5.91 Å². The first-order valence-electron chi connectivity index (χ1n) is 10.8. The van der Waals surface area contributed by atoms with Crippen molar-refractivity contribution in [3.63, 3.8) is 0 Å². The molecule has 2 aromatic carbocycles. The number of carbonyl (C=O) groups excluding carboxylic acids is 2. The lowest BCUT2D eigenvalue weighted by atomic mass is 10.1. The number of amides is 1. The second-order valence-corrected chi connectivity index (χ2v) is 9.03. The summed E-state index contributed by atoms with van der Waals surface area (Å²) in [4.78, 5) is 46.2. The van der Waals surface area contributed by atoms with Crippen molar-refractivity contribution in [1.29, 1.82) is 0 Å². The van der Waals surface area contributed by atoms with Crippen molar-refractivity contribution in [3.8, 4) is 5.75 Å². The van der Waals surface area contributed by atoms with E-state index in [2.05, 4.69) is 5.32 Å². The Labute approximate surface area is 217 Å². The van der Waals surface area contributed by atoms with Crippen LogP contribution in [0, 0.1) is 0 Å². The molecular weight excluding hydrogens is 512 g/mol. The largest absolute Gasteiger partial charge is 0.497 e. The number of nitrogens with one attached hydrogen (secondary N) is 1. The number of ether oxygens (including phenoxy) is 2. The molecule has 2 aromatic rings. The van der Waals surface area contributed by atoms with E-state index in [0.29, 0.717) is 23.9 Å². The molecule has 0 aromatic heterocycles. The van der Waals surface area contributed by atoms with E-state index in [1.807, 2.05) is 43.3 Å². The van der Waals surface area contributed by atoms with Gasteiger partial charge in [-0.05, 0) is 42.4 Å². The fourth-order valence-electron chi connectivity index (χ4n) is 3.33. The fourth-order valence-corrected chi connectivity index (χ4v) is 4.92.